The maximum absolute atomic E-state index is 6.19. The summed E-state index contributed by atoms with van der Waals surface area (Å²) in [5, 5.41) is 2.89. The van der Waals surface area contributed by atoms with Gasteiger partial charge < -0.3 is 0 Å². The Balaban J connectivity index is 1.86. The molecule has 2 aliphatic carbocycles. The van der Waals surface area contributed by atoms with Crippen molar-refractivity contribution in [2.75, 3.05) is 0 Å². The second-order valence-corrected chi connectivity index (χ2v) is 17.4. The SMILES string of the molecule is CC(C)c1cccc(C(C)C)c1N=P(c1ccccc1)(c1ccccc1)C1CC2C(C1)C(C)(C)CC2(C)C. The molecule has 2 saturated carbocycles. The topological polar surface area (TPSA) is 12.4 Å². The van der Waals surface area contributed by atoms with Gasteiger partial charge in [0.1, 0.15) is 0 Å². The van der Waals surface area contributed by atoms with Gasteiger partial charge in [-0.2, -0.15) is 0 Å². The van der Waals surface area contributed by atoms with E-state index in [-0.39, 0.29) is 0 Å². The zero-order valence-corrected chi connectivity index (χ0v) is 25.8. The summed E-state index contributed by atoms with van der Waals surface area (Å²) in [6, 6.07) is 29.8. The van der Waals surface area contributed by atoms with Gasteiger partial charge in [-0.15, -0.1) is 0 Å². The van der Waals surface area contributed by atoms with Crippen molar-refractivity contribution in [3.05, 3.63) is 90.0 Å². The van der Waals surface area contributed by atoms with E-state index in [0.29, 0.717) is 28.3 Å². The van der Waals surface area contributed by atoms with Crippen molar-refractivity contribution in [2.45, 2.75) is 92.1 Å². The van der Waals surface area contributed by atoms with Crippen molar-refractivity contribution in [3.8, 4) is 0 Å². The van der Waals surface area contributed by atoms with Crippen LogP contribution in [0.3, 0.4) is 0 Å². The van der Waals surface area contributed by atoms with E-state index in [1.54, 1.807) is 0 Å². The van der Waals surface area contributed by atoms with Crippen LogP contribution in [-0.2, 0) is 0 Å². The van der Waals surface area contributed by atoms with Gasteiger partial charge in [-0.05, 0) is 75.5 Å². The highest BCUT2D eigenvalue weighted by Gasteiger charge is 2.58. The average Bonchev–Trinajstić information content (AvgIpc) is 3.42. The van der Waals surface area contributed by atoms with Crippen LogP contribution in [0.1, 0.15) is 97.6 Å². The Morgan fingerprint density at radius 2 is 1.05 bits per heavy atom. The van der Waals surface area contributed by atoms with Gasteiger partial charge >= 0.3 is 0 Å². The first-order valence-electron chi connectivity index (χ1n) is 14.8. The van der Waals surface area contributed by atoms with Crippen molar-refractivity contribution in [1.82, 2.24) is 0 Å². The molecule has 2 fully saturated rings. The first-order valence-corrected chi connectivity index (χ1v) is 16.6. The molecule has 2 atom stereocenters. The highest BCUT2D eigenvalue weighted by molar-refractivity contribution is 7.81. The molecule has 0 saturated heterocycles. The van der Waals surface area contributed by atoms with E-state index < -0.39 is 7.05 Å². The molecule has 5 rings (SSSR count). The smallest absolute Gasteiger partial charge is 0.0690 e. The normalized spacial score (nSPS) is 24.1. The number of fused-ring (bicyclic) bond motifs is 1. The third kappa shape index (κ3) is 4.64. The first-order chi connectivity index (χ1) is 18.0. The Labute approximate surface area is 232 Å². The Morgan fingerprint density at radius 1 is 0.632 bits per heavy atom. The summed E-state index contributed by atoms with van der Waals surface area (Å²) in [5.41, 5.74) is 5.38. The zero-order valence-electron chi connectivity index (χ0n) is 24.9. The third-order valence-electron chi connectivity index (χ3n) is 9.88. The molecular formula is C36H48NP. The molecule has 1 nitrogen and oxygen atoms in total. The molecular weight excluding hydrogens is 477 g/mol. The highest BCUT2D eigenvalue weighted by Crippen LogP contribution is 2.70. The fourth-order valence-electron chi connectivity index (χ4n) is 8.34. The summed E-state index contributed by atoms with van der Waals surface area (Å²) in [6.07, 6.45) is 3.89. The fraction of sp³-hybridized carbons (Fsp3) is 0.500. The van der Waals surface area contributed by atoms with Gasteiger partial charge in [-0.25, -0.2) is 0 Å². The molecule has 202 valence electrons. The van der Waals surface area contributed by atoms with Crippen LogP contribution in [0, 0.1) is 22.7 Å². The zero-order chi connectivity index (χ0) is 27.3. The van der Waals surface area contributed by atoms with Crippen LogP contribution in [-0.4, -0.2) is 5.66 Å². The fourth-order valence-corrected chi connectivity index (χ4v) is 12.7. The van der Waals surface area contributed by atoms with Crippen LogP contribution in [0.2, 0.25) is 0 Å². The van der Waals surface area contributed by atoms with Crippen molar-refractivity contribution in [3.63, 3.8) is 0 Å². The van der Waals surface area contributed by atoms with Gasteiger partial charge in [0.05, 0.1) is 5.69 Å². The quantitative estimate of drug-likeness (QED) is 0.284. The molecule has 0 radical (unpaired) electrons. The Bertz CT molecular complexity index is 1220. The minimum Gasteiger partial charge on any atom is -0.258 e. The Hall–Kier alpha value is -2.11. The summed E-state index contributed by atoms with van der Waals surface area (Å²) in [4.78, 5) is 0. The standard InChI is InChI=1S/C36H48NP/c1-25(2)30-20-15-21-31(26(3)4)34(30)37-38(27-16-11-9-12-17-27,28-18-13-10-14-19-28)29-22-32-33(23-29)36(7,8)24-35(32,5)6/h9-21,25-26,29,32-33H,22-24H2,1-8H3. The lowest BCUT2D eigenvalue weighted by atomic mass is 9.80. The molecule has 0 aromatic heterocycles. The van der Waals surface area contributed by atoms with Crippen LogP contribution in [0.25, 0.3) is 0 Å². The van der Waals surface area contributed by atoms with Crippen LogP contribution in [0.15, 0.2) is 83.6 Å². The molecule has 3 aromatic carbocycles. The molecule has 2 aliphatic rings. The van der Waals surface area contributed by atoms with Gasteiger partial charge in [0.15, 0.2) is 0 Å². The van der Waals surface area contributed by atoms with E-state index >= 15 is 0 Å². The summed E-state index contributed by atoms with van der Waals surface area (Å²) in [7, 11) is -2.15. The van der Waals surface area contributed by atoms with Crippen LogP contribution in [0.5, 0.6) is 0 Å². The van der Waals surface area contributed by atoms with E-state index in [4.69, 9.17) is 4.74 Å². The van der Waals surface area contributed by atoms with Gasteiger partial charge in [0.25, 0.3) is 0 Å². The summed E-state index contributed by atoms with van der Waals surface area (Å²) in [6.45, 7) is 19.5. The van der Waals surface area contributed by atoms with E-state index in [0.717, 1.165) is 11.8 Å². The maximum Gasteiger partial charge on any atom is 0.0690 e. The van der Waals surface area contributed by atoms with E-state index in [9.17, 15) is 0 Å². The predicted octanol–water partition coefficient (Wildman–Crippen LogP) is 10.3. The molecule has 0 heterocycles. The summed E-state index contributed by atoms with van der Waals surface area (Å²) < 4.78 is 6.19. The molecule has 38 heavy (non-hydrogen) atoms. The lowest BCUT2D eigenvalue weighted by Crippen LogP contribution is -2.27. The number of hydrogen-bond acceptors (Lipinski definition) is 1. The minimum atomic E-state index is -2.15. The largest absolute Gasteiger partial charge is 0.258 e. The van der Waals surface area contributed by atoms with Crippen molar-refractivity contribution < 1.29 is 0 Å². The van der Waals surface area contributed by atoms with Crippen molar-refractivity contribution >= 4 is 23.4 Å². The van der Waals surface area contributed by atoms with E-state index in [1.807, 2.05) is 0 Å². The van der Waals surface area contributed by atoms with E-state index in [2.05, 4.69) is 134 Å². The molecule has 2 unspecified atom stereocenters. The van der Waals surface area contributed by atoms with Gasteiger partial charge in [-0.3, -0.25) is 4.74 Å². The molecule has 0 bridgehead atoms. The third-order valence-corrected chi connectivity index (χ3v) is 14.0. The van der Waals surface area contributed by atoms with Crippen molar-refractivity contribution in [1.29, 1.82) is 0 Å². The van der Waals surface area contributed by atoms with Gasteiger partial charge in [0.2, 0.25) is 0 Å². The molecule has 3 aromatic rings. The van der Waals surface area contributed by atoms with E-state index in [1.165, 1.54) is 46.7 Å². The number of rotatable bonds is 6. The molecule has 0 aliphatic heterocycles. The minimum absolute atomic E-state index is 0.380. The first kappa shape index (κ1) is 27.5. The van der Waals surface area contributed by atoms with Crippen LogP contribution < -0.4 is 10.6 Å². The number of hydrogen-bond donors (Lipinski definition) is 0. The average molecular weight is 526 g/mol. The summed E-state index contributed by atoms with van der Waals surface area (Å²) >= 11 is 0. The van der Waals surface area contributed by atoms with Crippen LogP contribution in [0.4, 0.5) is 5.69 Å². The summed E-state index contributed by atoms with van der Waals surface area (Å²) in [5.74, 6) is 2.38. The molecule has 0 spiro atoms. The van der Waals surface area contributed by atoms with Gasteiger partial charge in [-0.1, -0.05) is 134 Å². The maximum atomic E-state index is 6.19. The second-order valence-electron chi connectivity index (χ2n) is 14.0. The molecule has 0 amide bonds. The highest BCUT2D eigenvalue weighted by atomic mass is 31.2. The Kier molecular flexibility index (Phi) is 7.32. The Morgan fingerprint density at radius 3 is 1.45 bits per heavy atom. The second kappa shape index (κ2) is 10.1. The van der Waals surface area contributed by atoms with Crippen molar-refractivity contribution in [2.24, 2.45) is 27.4 Å². The number of nitrogens with zero attached hydrogens (tertiary/aromatic N) is 1. The molecule has 2 heteroatoms. The predicted molar refractivity (Wildman–Crippen MR) is 168 cm³/mol. The monoisotopic (exact) mass is 525 g/mol. The van der Waals surface area contributed by atoms with Crippen LogP contribution >= 0.6 is 7.05 Å². The molecule has 0 N–H and O–H groups in total. The lowest BCUT2D eigenvalue weighted by molar-refractivity contribution is 0.235. The lowest BCUT2D eigenvalue weighted by Gasteiger charge is -2.36. The number of benzene rings is 3. The van der Waals surface area contributed by atoms with Gasteiger partial charge in [0, 0.05) is 12.7 Å².